The Kier molecular flexibility index (Phi) is 5.53. The molecule has 9 heteroatoms. The van der Waals surface area contributed by atoms with Crippen molar-refractivity contribution in [1.82, 2.24) is 24.4 Å². The van der Waals surface area contributed by atoms with Crippen molar-refractivity contribution in [2.24, 2.45) is 7.05 Å². The highest BCUT2D eigenvalue weighted by atomic mass is 16.2. The summed E-state index contributed by atoms with van der Waals surface area (Å²) in [5, 5.41) is 2.96. The Bertz CT molecular complexity index is 1090. The minimum Gasteiger partial charge on any atom is -0.339 e. The molecule has 0 spiro atoms. The lowest BCUT2D eigenvalue weighted by Crippen LogP contribution is -2.57. The van der Waals surface area contributed by atoms with Gasteiger partial charge in [0.1, 0.15) is 12.4 Å². The number of rotatable bonds is 4. The van der Waals surface area contributed by atoms with E-state index in [1.807, 2.05) is 47.2 Å². The molecule has 1 N–H and O–H groups in total. The van der Waals surface area contributed by atoms with Crippen LogP contribution >= 0.6 is 0 Å². The Balaban J connectivity index is 1.60. The predicted octanol–water partition coefficient (Wildman–Crippen LogP) is 0.996. The maximum absolute atomic E-state index is 12.9. The van der Waals surface area contributed by atoms with Gasteiger partial charge in [-0.15, -0.1) is 0 Å². The lowest BCUT2D eigenvalue weighted by Gasteiger charge is -2.39. The third-order valence-corrected chi connectivity index (χ3v) is 5.23. The summed E-state index contributed by atoms with van der Waals surface area (Å²) >= 11 is 0. The van der Waals surface area contributed by atoms with E-state index in [0.29, 0.717) is 37.0 Å². The summed E-state index contributed by atoms with van der Waals surface area (Å²) in [6.45, 7) is 1.74. The van der Waals surface area contributed by atoms with E-state index in [1.165, 1.54) is 17.0 Å². The molecule has 1 aromatic carbocycles. The predicted molar refractivity (Wildman–Crippen MR) is 114 cm³/mol. The van der Waals surface area contributed by atoms with Gasteiger partial charge in [-0.05, 0) is 25.2 Å². The van der Waals surface area contributed by atoms with Crippen LogP contribution in [-0.2, 0) is 11.8 Å². The fraction of sp³-hybridized carbons (Fsp3) is 0.286. The van der Waals surface area contributed by atoms with Gasteiger partial charge in [0, 0.05) is 44.6 Å². The number of aromatic nitrogens is 4. The zero-order valence-corrected chi connectivity index (χ0v) is 16.9. The normalized spacial score (nSPS) is 17.0. The molecule has 3 heterocycles. The molecule has 0 radical (unpaired) electrons. The number of para-hydroxylation sites is 1. The number of nitrogens with zero attached hydrogens (tertiary/aromatic N) is 6. The highest BCUT2D eigenvalue weighted by molar-refractivity contribution is 5.95. The number of nitrogens with one attached hydrogen (secondary N) is 1. The number of piperazine rings is 1. The topological polar surface area (TPSA) is 96.2 Å². The van der Waals surface area contributed by atoms with E-state index in [2.05, 4.69) is 20.3 Å². The maximum Gasteiger partial charge on any atom is 0.255 e. The first-order valence-corrected chi connectivity index (χ1v) is 9.68. The number of amides is 1. The molecule has 2 aromatic heterocycles. The highest BCUT2D eigenvalue weighted by Crippen LogP contribution is 2.20. The minimum atomic E-state index is -0.376. The molecule has 1 aliphatic heterocycles. The fourth-order valence-electron chi connectivity index (χ4n) is 3.47. The van der Waals surface area contributed by atoms with Gasteiger partial charge in [0.15, 0.2) is 0 Å². The van der Waals surface area contributed by atoms with Crippen molar-refractivity contribution >= 4 is 17.5 Å². The molecule has 9 nitrogen and oxygen atoms in total. The average molecular weight is 405 g/mol. The molecule has 1 fully saturated rings. The van der Waals surface area contributed by atoms with E-state index in [9.17, 15) is 9.59 Å². The lowest BCUT2D eigenvalue weighted by atomic mass is 10.1. The maximum atomic E-state index is 12.9. The fourth-order valence-corrected chi connectivity index (χ4v) is 3.47. The Morgan fingerprint density at radius 3 is 2.63 bits per heavy atom. The van der Waals surface area contributed by atoms with Gasteiger partial charge in [0.25, 0.3) is 5.56 Å². The van der Waals surface area contributed by atoms with Gasteiger partial charge in [-0.3, -0.25) is 19.1 Å². The molecule has 3 aromatic rings. The van der Waals surface area contributed by atoms with Crippen molar-refractivity contribution in [3.05, 3.63) is 65.3 Å². The van der Waals surface area contributed by atoms with Crippen LogP contribution in [0.5, 0.6) is 0 Å². The van der Waals surface area contributed by atoms with Crippen LogP contribution in [0.15, 0.2) is 59.8 Å². The molecule has 1 saturated heterocycles. The molecule has 1 aliphatic rings. The lowest BCUT2D eigenvalue weighted by molar-refractivity contribution is -0.121. The quantitative estimate of drug-likeness (QED) is 0.692. The molecule has 0 aliphatic carbocycles. The SMILES string of the molecule is CN1CCN(c2nc(-c3ccncn3)cc(=O)n2C)CC1C(=O)Nc1ccccc1. The first kappa shape index (κ1) is 19.7. The second-order valence-electron chi connectivity index (χ2n) is 7.23. The van der Waals surface area contributed by atoms with Gasteiger partial charge in [0.2, 0.25) is 11.9 Å². The molecule has 154 valence electrons. The van der Waals surface area contributed by atoms with Crippen molar-refractivity contribution in [3.8, 4) is 11.4 Å². The highest BCUT2D eigenvalue weighted by Gasteiger charge is 2.32. The summed E-state index contributed by atoms with van der Waals surface area (Å²) in [7, 11) is 3.61. The number of anilines is 2. The van der Waals surface area contributed by atoms with Gasteiger partial charge in [-0.1, -0.05) is 18.2 Å². The smallest absolute Gasteiger partial charge is 0.255 e. The number of carbonyl (C=O) groups is 1. The van der Waals surface area contributed by atoms with Gasteiger partial charge in [-0.2, -0.15) is 0 Å². The van der Waals surface area contributed by atoms with Crippen LogP contribution in [0.25, 0.3) is 11.4 Å². The zero-order valence-electron chi connectivity index (χ0n) is 16.9. The third-order valence-electron chi connectivity index (χ3n) is 5.23. The van der Waals surface area contributed by atoms with Crippen LogP contribution in [0.1, 0.15) is 0 Å². The summed E-state index contributed by atoms with van der Waals surface area (Å²) in [5.74, 6) is 0.423. The molecule has 1 amide bonds. The summed E-state index contributed by atoms with van der Waals surface area (Å²) in [6, 6.07) is 12.2. The van der Waals surface area contributed by atoms with Crippen molar-refractivity contribution in [3.63, 3.8) is 0 Å². The van der Waals surface area contributed by atoms with Crippen LogP contribution in [0.3, 0.4) is 0 Å². The Hall–Kier alpha value is -3.59. The molecule has 1 unspecified atom stereocenters. The molecular formula is C21H23N7O2. The summed E-state index contributed by atoms with van der Waals surface area (Å²) in [6.07, 6.45) is 3.04. The number of carbonyl (C=O) groups excluding carboxylic acids is 1. The van der Waals surface area contributed by atoms with E-state index in [4.69, 9.17) is 0 Å². The van der Waals surface area contributed by atoms with E-state index in [0.717, 1.165) is 5.69 Å². The Morgan fingerprint density at radius 2 is 1.90 bits per heavy atom. The van der Waals surface area contributed by atoms with E-state index < -0.39 is 0 Å². The second-order valence-corrected chi connectivity index (χ2v) is 7.23. The monoisotopic (exact) mass is 405 g/mol. The van der Waals surface area contributed by atoms with E-state index in [-0.39, 0.29) is 17.5 Å². The first-order chi connectivity index (χ1) is 14.5. The van der Waals surface area contributed by atoms with Gasteiger partial charge < -0.3 is 10.2 Å². The van der Waals surface area contributed by atoms with Crippen LogP contribution < -0.4 is 15.8 Å². The largest absolute Gasteiger partial charge is 0.339 e. The van der Waals surface area contributed by atoms with Gasteiger partial charge in [-0.25, -0.2) is 15.0 Å². The first-order valence-electron chi connectivity index (χ1n) is 9.68. The van der Waals surface area contributed by atoms with Crippen LogP contribution in [0.4, 0.5) is 11.6 Å². The summed E-state index contributed by atoms with van der Waals surface area (Å²) in [4.78, 5) is 42.2. The molecule has 0 saturated carbocycles. The van der Waals surface area contributed by atoms with Crippen LogP contribution in [-0.4, -0.2) is 63.0 Å². The Morgan fingerprint density at radius 1 is 1.10 bits per heavy atom. The van der Waals surface area contributed by atoms with E-state index >= 15 is 0 Å². The number of likely N-dealkylation sites (N-methyl/N-ethyl adjacent to an activating group) is 1. The molecule has 4 rings (SSSR count). The third kappa shape index (κ3) is 4.06. The molecular weight excluding hydrogens is 382 g/mol. The zero-order chi connectivity index (χ0) is 21.1. The van der Waals surface area contributed by atoms with Crippen molar-refractivity contribution in [1.29, 1.82) is 0 Å². The molecule has 0 bridgehead atoms. The van der Waals surface area contributed by atoms with Crippen LogP contribution in [0, 0.1) is 0 Å². The summed E-state index contributed by atoms with van der Waals surface area (Å²) in [5.41, 5.74) is 1.64. The standard InChI is InChI=1S/C21H23N7O2/c1-26-10-11-28(13-18(26)20(30)24-15-6-4-3-5-7-15)21-25-17(12-19(29)27(21)2)16-8-9-22-14-23-16/h3-9,12,14,18H,10-11,13H2,1-2H3,(H,24,30). The number of hydrogen-bond donors (Lipinski definition) is 1. The summed E-state index contributed by atoms with van der Waals surface area (Å²) < 4.78 is 1.50. The van der Waals surface area contributed by atoms with Gasteiger partial charge >= 0.3 is 0 Å². The Labute approximate surface area is 174 Å². The van der Waals surface area contributed by atoms with Crippen molar-refractivity contribution in [2.45, 2.75) is 6.04 Å². The number of benzene rings is 1. The van der Waals surface area contributed by atoms with Gasteiger partial charge in [0.05, 0.1) is 11.4 Å². The minimum absolute atomic E-state index is 0.0923. The molecule has 1 atom stereocenters. The van der Waals surface area contributed by atoms with Crippen LogP contribution in [0.2, 0.25) is 0 Å². The van der Waals surface area contributed by atoms with Crippen molar-refractivity contribution < 1.29 is 4.79 Å². The number of hydrogen-bond acceptors (Lipinski definition) is 7. The van der Waals surface area contributed by atoms with E-state index in [1.54, 1.807) is 19.3 Å². The average Bonchev–Trinajstić information content (AvgIpc) is 2.77. The van der Waals surface area contributed by atoms with Crippen molar-refractivity contribution in [2.75, 3.05) is 36.9 Å². The second kappa shape index (κ2) is 8.42. The molecule has 30 heavy (non-hydrogen) atoms.